The molecule has 0 bridgehead atoms. The van der Waals surface area contributed by atoms with E-state index in [1.165, 1.54) is 11.5 Å². The van der Waals surface area contributed by atoms with E-state index in [9.17, 15) is 0 Å². The van der Waals surface area contributed by atoms with E-state index in [2.05, 4.69) is 57.4 Å². The lowest BCUT2D eigenvalue weighted by Gasteiger charge is -2.22. The van der Waals surface area contributed by atoms with Crippen LogP contribution in [0.3, 0.4) is 0 Å². The van der Waals surface area contributed by atoms with E-state index in [0.717, 1.165) is 35.3 Å². The molecule has 0 saturated heterocycles. The molecule has 0 amide bonds. The van der Waals surface area contributed by atoms with Crippen molar-refractivity contribution in [2.75, 3.05) is 6.54 Å². The van der Waals surface area contributed by atoms with Crippen LogP contribution in [0.25, 0.3) is 10.7 Å². The lowest BCUT2D eigenvalue weighted by Crippen LogP contribution is -2.32. The lowest BCUT2D eigenvalue weighted by atomic mass is 9.91. The third-order valence-electron chi connectivity index (χ3n) is 3.35. The second-order valence-electron chi connectivity index (χ2n) is 5.91. The molecular formula is C12H18N6S. The number of fused-ring (bicyclic) bond motifs is 1. The van der Waals surface area contributed by atoms with Crippen molar-refractivity contribution in [3.05, 3.63) is 11.5 Å². The van der Waals surface area contributed by atoms with Gasteiger partial charge in [0, 0.05) is 18.5 Å². The summed E-state index contributed by atoms with van der Waals surface area (Å²) in [5.41, 5.74) is 0.965. The number of aromatic nitrogens is 5. The van der Waals surface area contributed by atoms with Crippen LogP contribution in [0, 0.1) is 0 Å². The quantitative estimate of drug-likeness (QED) is 0.861. The van der Waals surface area contributed by atoms with Gasteiger partial charge >= 0.3 is 0 Å². The summed E-state index contributed by atoms with van der Waals surface area (Å²) in [5, 5.41) is 16.4. The van der Waals surface area contributed by atoms with Crippen LogP contribution >= 0.6 is 11.5 Å². The molecule has 1 N–H and O–H groups in total. The largest absolute Gasteiger partial charge is 0.308 e. The Bertz CT molecular complexity index is 594. The maximum atomic E-state index is 4.37. The Kier molecular flexibility index (Phi) is 2.90. The molecule has 0 saturated carbocycles. The summed E-state index contributed by atoms with van der Waals surface area (Å²) in [6.45, 7) is 10.4. The van der Waals surface area contributed by atoms with Gasteiger partial charge in [0.2, 0.25) is 0 Å². The zero-order valence-electron chi connectivity index (χ0n) is 11.6. The van der Waals surface area contributed by atoms with Crippen molar-refractivity contribution in [3.8, 4) is 10.7 Å². The van der Waals surface area contributed by atoms with Gasteiger partial charge in [0.05, 0.1) is 11.7 Å². The molecule has 1 unspecified atom stereocenters. The third-order valence-corrected chi connectivity index (χ3v) is 4.08. The van der Waals surface area contributed by atoms with E-state index >= 15 is 0 Å². The summed E-state index contributed by atoms with van der Waals surface area (Å²) in [6, 6.07) is 0.244. The van der Waals surface area contributed by atoms with Crippen molar-refractivity contribution in [2.45, 2.75) is 45.7 Å². The van der Waals surface area contributed by atoms with Crippen molar-refractivity contribution in [1.29, 1.82) is 0 Å². The first-order valence-electron chi connectivity index (χ1n) is 6.48. The Morgan fingerprint density at radius 2 is 2.05 bits per heavy atom. The molecule has 1 atom stereocenters. The van der Waals surface area contributed by atoms with Gasteiger partial charge in [0.1, 0.15) is 10.7 Å². The zero-order chi connectivity index (χ0) is 13.6. The average molecular weight is 278 g/mol. The highest BCUT2D eigenvalue weighted by Crippen LogP contribution is 2.34. The maximum Gasteiger partial charge on any atom is 0.177 e. The van der Waals surface area contributed by atoms with Gasteiger partial charge in [-0.25, -0.2) is 0 Å². The van der Waals surface area contributed by atoms with Gasteiger partial charge in [-0.05, 0) is 18.5 Å². The van der Waals surface area contributed by atoms with Crippen molar-refractivity contribution in [3.63, 3.8) is 0 Å². The van der Waals surface area contributed by atoms with Crippen LogP contribution < -0.4 is 5.32 Å². The summed E-state index contributed by atoms with van der Waals surface area (Å²) >= 11 is 1.40. The second-order valence-corrected chi connectivity index (χ2v) is 6.66. The molecule has 1 aliphatic heterocycles. The fourth-order valence-electron chi connectivity index (χ4n) is 2.34. The van der Waals surface area contributed by atoms with Gasteiger partial charge in [-0.2, -0.15) is 0 Å². The molecule has 0 fully saturated rings. The van der Waals surface area contributed by atoms with Crippen molar-refractivity contribution in [1.82, 2.24) is 29.7 Å². The fraction of sp³-hybridized carbons (Fsp3) is 0.667. The summed E-state index contributed by atoms with van der Waals surface area (Å²) < 4.78 is 6.29. The van der Waals surface area contributed by atoms with Crippen LogP contribution in [0.4, 0.5) is 0 Å². The fourth-order valence-corrected chi connectivity index (χ4v) is 3.21. The molecule has 0 radical (unpaired) electrons. The van der Waals surface area contributed by atoms with Gasteiger partial charge < -0.3 is 9.88 Å². The summed E-state index contributed by atoms with van der Waals surface area (Å²) in [4.78, 5) is 1.04. The maximum absolute atomic E-state index is 4.37. The number of nitrogens with one attached hydrogen (secondary N) is 1. The van der Waals surface area contributed by atoms with Crippen molar-refractivity contribution < 1.29 is 0 Å². The smallest absolute Gasteiger partial charge is 0.177 e. The molecule has 3 rings (SSSR count). The van der Waals surface area contributed by atoms with Gasteiger partial charge in [0.25, 0.3) is 0 Å². The lowest BCUT2D eigenvalue weighted by molar-refractivity contribution is 0.439. The van der Waals surface area contributed by atoms with E-state index < -0.39 is 0 Å². The number of hydrogen-bond donors (Lipinski definition) is 1. The van der Waals surface area contributed by atoms with E-state index in [-0.39, 0.29) is 11.5 Å². The molecule has 3 heterocycles. The normalized spacial score (nSPS) is 19.5. The Hall–Kier alpha value is -1.34. The molecule has 6 nitrogen and oxygen atoms in total. The standard InChI is InChI=1S/C12H18N6S/c1-7-10-15-16-11(18(10)6-5-13-7)8-9(12(2,3)4)14-17-19-8/h7,13H,5-6H2,1-4H3. The van der Waals surface area contributed by atoms with Crippen LogP contribution in [0.15, 0.2) is 0 Å². The van der Waals surface area contributed by atoms with Crippen LogP contribution in [-0.2, 0) is 12.0 Å². The minimum Gasteiger partial charge on any atom is -0.308 e. The van der Waals surface area contributed by atoms with Gasteiger partial charge in [-0.15, -0.1) is 15.3 Å². The molecule has 0 aliphatic carbocycles. The van der Waals surface area contributed by atoms with Crippen LogP contribution in [0.1, 0.15) is 45.3 Å². The second kappa shape index (κ2) is 4.35. The number of rotatable bonds is 1. The van der Waals surface area contributed by atoms with Gasteiger partial charge in [-0.1, -0.05) is 25.3 Å². The monoisotopic (exact) mass is 278 g/mol. The Balaban J connectivity index is 2.12. The van der Waals surface area contributed by atoms with Crippen LogP contribution in [0.5, 0.6) is 0 Å². The Labute approximate surface area is 116 Å². The highest BCUT2D eigenvalue weighted by atomic mass is 32.1. The van der Waals surface area contributed by atoms with Gasteiger partial charge in [0.15, 0.2) is 5.82 Å². The zero-order valence-corrected chi connectivity index (χ0v) is 12.5. The minimum atomic E-state index is -0.0345. The first kappa shape index (κ1) is 12.7. The summed E-state index contributed by atoms with van der Waals surface area (Å²) in [5.74, 6) is 1.90. The Morgan fingerprint density at radius 1 is 1.26 bits per heavy atom. The summed E-state index contributed by atoms with van der Waals surface area (Å²) in [7, 11) is 0. The van der Waals surface area contributed by atoms with E-state index in [1.54, 1.807) is 0 Å². The third kappa shape index (κ3) is 2.06. The van der Waals surface area contributed by atoms with Gasteiger partial charge in [-0.3, -0.25) is 0 Å². The molecule has 19 heavy (non-hydrogen) atoms. The highest BCUT2D eigenvalue weighted by Gasteiger charge is 2.29. The average Bonchev–Trinajstić information content (AvgIpc) is 2.93. The number of hydrogen-bond acceptors (Lipinski definition) is 6. The van der Waals surface area contributed by atoms with Crippen molar-refractivity contribution in [2.24, 2.45) is 0 Å². The Morgan fingerprint density at radius 3 is 2.79 bits per heavy atom. The number of nitrogens with zero attached hydrogens (tertiary/aromatic N) is 5. The molecule has 7 heteroatoms. The molecule has 2 aromatic heterocycles. The first-order chi connectivity index (χ1) is 8.98. The van der Waals surface area contributed by atoms with E-state index in [0.29, 0.717) is 0 Å². The van der Waals surface area contributed by atoms with E-state index in [4.69, 9.17) is 0 Å². The molecule has 2 aromatic rings. The SMILES string of the molecule is CC1NCCn2c(-c3snnc3C(C)(C)C)nnc21. The predicted molar refractivity (Wildman–Crippen MR) is 74.0 cm³/mol. The summed E-state index contributed by atoms with van der Waals surface area (Å²) in [6.07, 6.45) is 0. The molecule has 102 valence electrons. The van der Waals surface area contributed by atoms with Crippen LogP contribution in [0.2, 0.25) is 0 Å². The van der Waals surface area contributed by atoms with Crippen molar-refractivity contribution >= 4 is 11.5 Å². The van der Waals surface area contributed by atoms with E-state index in [1.807, 2.05) is 0 Å². The van der Waals surface area contributed by atoms with Crippen LogP contribution in [-0.4, -0.2) is 30.9 Å². The predicted octanol–water partition coefficient (Wildman–Crippen LogP) is 1.76. The first-order valence-corrected chi connectivity index (χ1v) is 7.25. The molecule has 0 spiro atoms. The molecular weight excluding hydrogens is 260 g/mol. The molecule has 0 aromatic carbocycles. The highest BCUT2D eigenvalue weighted by molar-refractivity contribution is 7.09. The minimum absolute atomic E-state index is 0.0345. The topological polar surface area (TPSA) is 68.5 Å². The molecule has 1 aliphatic rings.